The summed E-state index contributed by atoms with van der Waals surface area (Å²) in [6.45, 7) is 5.50. The number of amides is 3. The number of rotatable bonds is 6. The molecule has 1 spiro atoms. The van der Waals surface area contributed by atoms with Crippen LogP contribution in [0.5, 0.6) is 5.75 Å². The lowest BCUT2D eigenvalue weighted by Gasteiger charge is -2.44. The Hall–Kier alpha value is -2.61. The highest BCUT2D eigenvalue weighted by Gasteiger charge is 2.54. The first-order valence-corrected chi connectivity index (χ1v) is 10.6. The van der Waals surface area contributed by atoms with E-state index in [1.54, 1.807) is 41.2 Å². The summed E-state index contributed by atoms with van der Waals surface area (Å²) in [7, 11) is 1.55. The fourth-order valence-corrected chi connectivity index (χ4v) is 4.16. The number of methoxy groups -OCH3 is 1. The Bertz CT molecular complexity index is 789. The molecule has 8 heteroatoms. The van der Waals surface area contributed by atoms with Crippen LogP contribution in [0.4, 0.5) is 0 Å². The highest BCUT2D eigenvalue weighted by atomic mass is 16.5. The number of carbonyl (C=O) groups is 3. The van der Waals surface area contributed by atoms with Gasteiger partial charge in [-0.1, -0.05) is 19.9 Å². The Morgan fingerprint density at radius 1 is 1.23 bits per heavy atom. The monoisotopic (exact) mass is 417 g/mol. The number of likely N-dealkylation sites (tertiary alicyclic amines) is 1. The Balaban J connectivity index is 1.89. The lowest BCUT2D eigenvalue weighted by Crippen LogP contribution is -2.59. The molecule has 0 aromatic heterocycles. The summed E-state index contributed by atoms with van der Waals surface area (Å²) in [5.74, 6) is 0.187. The molecule has 1 unspecified atom stereocenters. The zero-order valence-corrected chi connectivity index (χ0v) is 18.0. The van der Waals surface area contributed by atoms with Crippen LogP contribution in [-0.4, -0.2) is 72.6 Å². The minimum atomic E-state index is -0.890. The van der Waals surface area contributed by atoms with Gasteiger partial charge in [0.2, 0.25) is 11.8 Å². The molecule has 3 rings (SSSR count). The van der Waals surface area contributed by atoms with Crippen LogP contribution in [-0.2, 0) is 14.3 Å². The molecule has 3 amide bonds. The van der Waals surface area contributed by atoms with Crippen molar-refractivity contribution in [2.45, 2.75) is 51.3 Å². The van der Waals surface area contributed by atoms with Gasteiger partial charge in [0, 0.05) is 44.5 Å². The second kappa shape index (κ2) is 9.47. The Kier molecular flexibility index (Phi) is 6.97. The smallest absolute Gasteiger partial charge is 0.257 e. The van der Waals surface area contributed by atoms with Crippen molar-refractivity contribution in [3.8, 4) is 5.75 Å². The maximum Gasteiger partial charge on any atom is 0.257 e. The lowest BCUT2D eigenvalue weighted by atomic mass is 9.96. The number of benzene rings is 1. The van der Waals surface area contributed by atoms with Crippen molar-refractivity contribution in [3.63, 3.8) is 0 Å². The van der Waals surface area contributed by atoms with E-state index in [0.29, 0.717) is 50.2 Å². The Morgan fingerprint density at radius 3 is 2.60 bits per heavy atom. The first kappa shape index (κ1) is 22.1. The molecule has 1 N–H and O–H groups in total. The number of carbonyl (C=O) groups excluding carboxylic acids is 3. The summed E-state index contributed by atoms with van der Waals surface area (Å²) < 4.78 is 11.4. The SMILES string of the molecule is CCCNC(=O)C1COC2(CCN(C(=O)CC)CC2)N1C(=O)c1cccc(OC)c1. The minimum Gasteiger partial charge on any atom is -0.497 e. The molecular weight excluding hydrogens is 386 g/mol. The van der Waals surface area contributed by atoms with E-state index >= 15 is 0 Å². The van der Waals surface area contributed by atoms with Crippen molar-refractivity contribution < 1.29 is 23.9 Å². The van der Waals surface area contributed by atoms with Crippen LogP contribution < -0.4 is 10.1 Å². The molecular formula is C22H31N3O5. The molecule has 2 saturated heterocycles. The zero-order chi connectivity index (χ0) is 21.7. The second-order valence-electron chi connectivity index (χ2n) is 7.71. The van der Waals surface area contributed by atoms with Crippen LogP contribution in [0.25, 0.3) is 0 Å². The third-order valence-electron chi connectivity index (χ3n) is 5.85. The summed E-state index contributed by atoms with van der Waals surface area (Å²) in [5, 5.41) is 2.89. The number of hydrogen-bond acceptors (Lipinski definition) is 5. The predicted octanol–water partition coefficient (Wildman–Crippen LogP) is 1.79. The van der Waals surface area contributed by atoms with Crippen LogP contribution in [0.1, 0.15) is 49.9 Å². The van der Waals surface area contributed by atoms with Gasteiger partial charge in [0.15, 0.2) is 0 Å². The van der Waals surface area contributed by atoms with Gasteiger partial charge in [0.05, 0.1) is 13.7 Å². The van der Waals surface area contributed by atoms with Crippen LogP contribution in [0.2, 0.25) is 0 Å². The van der Waals surface area contributed by atoms with Gasteiger partial charge < -0.3 is 19.7 Å². The summed E-state index contributed by atoms with van der Waals surface area (Å²) in [6, 6.07) is 6.21. The van der Waals surface area contributed by atoms with Gasteiger partial charge in [-0.3, -0.25) is 19.3 Å². The van der Waals surface area contributed by atoms with Gasteiger partial charge in [0.25, 0.3) is 5.91 Å². The van der Waals surface area contributed by atoms with Gasteiger partial charge in [-0.05, 0) is 24.6 Å². The second-order valence-corrected chi connectivity index (χ2v) is 7.71. The average Bonchev–Trinajstić information content (AvgIpc) is 3.15. The number of hydrogen-bond donors (Lipinski definition) is 1. The van der Waals surface area contributed by atoms with Crippen molar-refractivity contribution in [1.82, 2.24) is 15.1 Å². The van der Waals surface area contributed by atoms with Crippen molar-refractivity contribution in [1.29, 1.82) is 0 Å². The van der Waals surface area contributed by atoms with Crippen LogP contribution >= 0.6 is 0 Å². The molecule has 0 saturated carbocycles. The van der Waals surface area contributed by atoms with Gasteiger partial charge in [0.1, 0.15) is 17.5 Å². The normalized spacial score (nSPS) is 20.3. The van der Waals surface area contributed by atoms with Crippen molar-refractivity contribution in [2.75, 3.05) is 33.4 Å². The maximum absolute atomic E-state index is 13.6. The quantitative estimate of drug-likeness (QED) is 0.762. The van der Waals surface area contributed by atoms with Gasteiger partial charge in [-0.15, -0.1) is 0 Å². The van der Waals surface area contributed by atoms with E-state index in [2.05, 4.69) is 5.32 Å². The highest BCUT2D eigenvalue weighted by molar-refractivity contribution is 5.98. The van der Waals surface area contributed by atoms with Crippen LogP contribution in [0.15, 0.2) is 24.3 Å². The van der Waals surface area contributed by atoms with E-state index in [4.69, 9.17) is 9.47 Å². The summed E-state index contributed by atoms with van der Waals surface area (Å²) in [4.78, 5) is 41.9. The van der Waals surface area contributed by atoms with Crippen LogP contribution in [0, 0.1) is 0 Å². The van der Waals surface area contributed by atoms with E-state index in [0.717, 1.165) is 6.42 Å². The van der Waals surface area contributed by atoms with Crippen LogP contribution in [0.3, 0.4) is 0 Å². The third kappa shape index (κ3) is 4.28. The molecule has 0 radical (unpaired) electrons. The fourth-order valence-electron chi connectivity index (χ4n) is 4.16. The van der Waals surface area contributed by atoms with E-state index in [9.17, 15) is 14.4 Å². The molecule has 2 aliphatic heterocycles. The summed E-state index contributed by atoms with van der Waals surface area (Å²) in [5.41, 5.74) is -0.446. The topological polar surface area (TPSA) is 88.2 Å². The van der Waals surface area contributed by atoms with Gasteiger partial charge >= 0.3 is 0 Å². The van der Waals surface area contributed by atoms with E-state index in [1.807, 2.05) is 13.8 Å². The van der Waals surface area contributed by atoms with E-state index in [-0.39, 0.29) is 24.3 Å². The average molecular weight is 418 g/mol. The lowest BCUT2D eigenvalue weighted by molar-refractivity contribution is -0.143. The number of nitrogens with zero attached hydrogens (tertiary/aromatic N) is 2. The third-order valence-corrected chi connectivity index (χ3v) is 5.85. The highest BCUT2D eigenvalue weighted by Crippen LogP contribution is 2.38. The van der Waals surface area contributed by atoms with Gasteiger partial charge in [-0.25, -0.2) is 0 Å². The molecule has 164 valence electrons. The molecule has 1 aromatic carbocycles. The largest absolute Gasteiger partial charge is 0.497 e. The molecule has 1 atom stereocenters. The molecule has 0 aliphatic carbocycles. The predicted molar refractivity (Wildman–Crippen MR) is 111 cm³/mol. The Morgan fingerprint density at radius 2 is 1.97 bits per heavy atom. The minimum absolute atomic E-state index is 0.0887. The van der Waals surface area contributed by atoms with Crippen molar-refractivity contribution in [3.05, 3.63) is 29.8 Å². The first-order valence-electron chi connectivity index (χ1n) is 10.6. The molecule has 1 aromatic rings. The molecule has 2 aliphatic rings. The summed E-state index contributed by atoms with van der Waals surface area (Å²) in [6.07, 6.45) is 2.21. The molecule has 8 nitrogen and oxygen atoms in total. The molecule has 2 heterocycles. The summed E-state index contributed by atoms with van der Waals surface area (Å²) >= 11 is 0. The molecule has 2 fully saturated rings. The van der Waals surface area contributed by atoms with E-state index < -0.39 is 11.8 Å². The standard InChI is InChI=1S/C22H31N3O5/c1-4-11-23-20(27)18-15-30-22(9-12-24(13-10-22)19(26)5-2)25(18)21(28)16-7-6-8-17(14-16)29-3/h6-8,14,18H,4-5,9-13,15H2,1-3H3,(H,23,27). The fraction of sp³-hybridized carbons (Fsp3) is 0.591. The van der Waals surface area contributed by atoms with Gasteiger partial charge in [-0.2, -0.15) is 0 Å². The molecule has 0 bridgehead atoms. The maximum atomic E-state index is 13.6. The van der Waals surface area contributed by atoms with E-state index in [1.165, 1.54) is 0 Å². The van der Waals surface area contributed by atoms with Crippen molar-refractivity contribution >= 4 is 17.7 Å². The Labute approximate surface area is 177 Å². The zero-order valence-electron chi connectivity index (χ0n) is 18.0. The number of piperidine rings is 1. The number of ether oxygens (including phenoxy) is 2. The number of nitrogens with one attached hydrogen (secondary N) is 1. The van der Waals surface area contributed by atoms with Crippen molar-refractivity contribution in [2.24, 2.45) is 0 Å². The first-order chi connectivity index (χ1) is 14.5. The molecule has 30 heavy (non-hydrogen) atoms.